The number of furan rings is 1. The highest BCUT2D eigenvalue weighted by Crippen LogP contribution is 2.32. The average Bonchev–Trinajstić information content (AvgIpc) is 3.21. The molecule has 0 radical (unpaired) electrons. The third kappa shape index (κ3) is 5.38. The summed E-state index contributed by atoms with van der Waals surface area (Å²) >= 11 is 4.03. The maximum absolute atomic E-state index is 12.0. The van der Waals surface area contributed by atoms with Crippen molar-refractivity contribution in [2.45, 2.75) is 20.5 Å². The number of hydrogen-bond acceptors (Lipinski definition) is 5. The van der Waals surface area contributed by atoms with Gasteiger partial charge in [-0.05, 0) is 83.1 Å². The molecule has 3 rings (SSSR count). The molecule has 0 spiro atoms. The molecule has 7 heteroatoms. The van der Waals surface area contributed by atoms with Gasteiger partial charge in [0.05, 0.1) is 10.7 Å². The second-order valence-electron chi connectivity index (χ2n) is 6.72. The molecule has 0 saturated carbocycles. The van der Waals surface area contributed by atoms with Crippen LogP contribution in [0.1, 0.15) is 25.0 Å². The summed E-state index contributed by atoms with van der Waals surface area (Å²) in [6.45, 7) is 6.55. The van der Waals surface area contributed by atoms with Crippen molar-refractivity contribution in [3.63, 3.8) is 0 Å². The van der Waals surface area contributed by atoms with Crippen LogP contribution in [0.25, 0.3) is 17.0 Å². The molecule has 0 N–H and O–H groups in total. The first-order valence-corrected chi connectivity index (χ1v) is 13.3. The molecule has 1 aromatic heterocycles. The molecule has 0 aliphatic carbocycles. The SMILES string of the molecule is CCN(CC)c1ccc(C=C(SC)[S+](C)[O-])c(OCc2cc(Br)c3occc3c2)c1. The van der Waals surface area contributed by atoms with Crippen LogP contribution in [-0.2, 0) is 17.8 Å². The van der Waals surface area contributed by atoms with Gasteiger partial charge in [-0.25, -0.2) is 0 Å². The quantitative estimate of drug-likeness (QED) is 0.303. The first-order chi connectivity index (χ1) is 14.5. The van der Waals surface area contributed by atoms with Crippen molar-refractivity contribution in [1.29, 1.82) is 0 Å². The number of benzene rings is 2. The Labute approximate surface area is 194 Å². The Morgan fingerprint density at radius 3 is 2.67 bits per heavy atom. The van der Waals surface area contributed by atoms with E-state index in [0.717, 1.165) is 55.3 Å². The van der Waals surface area contributed by atoms with Crippen LogP contribution < -0.4 is 9.64 Å². The molecule has 30 heavy (non-hydrogen) atoms. The largest absolute Gasteiger partial charge is 0.611 e. The summed E-state index contributed by atoms with van der Waals surface area (Å²) in [5.41, 5.74) is 3.92. The first kappa shape index (κ1) is 23.1. The van der Waals surface area contributed by atoms with Gasteiger partial charge >= 0.3 is 0 Å². The summed E-state index contributed by atoms with van der Waals surface area (Å²) < 4.78 is 25.5. The average molecular weight is 509 g/mol. The highest BCUT2D eigenvalue weighted by atomic mass is 79.9. The number of nitrogens with zero attached hydrogens (tertiary/aromatic N) is 1. The standard InChI is InChI=1S/C23H26BrNO3S2/c1-5-25(6-2)19-8-7-17(13-22(29-3)30(4)26)21(14-19)28-15-16-11-18-9-10-27-23(18)20(24)12-16/h7-14H,5-6,15H2,1-4H3. The fourth-order valence-corrected chi connectivity index (χ4v) is 5.37. The molecule has 4 nitrogen and oxygen atoms in total. The molecule has 1 unspecified atom stereocenters. The lowest BCUT2D eigenvalue weighted by atomic mass is 10.1. The minimum Gasteiger partial charge on any atom is -0.611 e. The maximum atomic E-state index is 12.0. The van der Waals surface area contributed by atoms with E-state index in [0.29, 0.717) is 6.61 Å². The van der Waals surface area contributed by atoms with Gasteiger partial charge in [0, 0.05) is 41.9 Å². The Hall–Kier alpha value is -1.54. The third-order valence-corrected chi connectivity index (χ3v) is 7.84. The lowest BCUT2D eigenvalue weighted by Crippen LogP contribution is -2.21. The Bertz CT molecular complexity index is 1030. The number of halogens is 1. The Balaban J connectivity index is 1.95. The van der Waals surface area contributed by atoms with Crippen LogP contribution in [0.4, 0.5) is 5.69 Å². The zero-order valence-corrected chi connectivity index (χ0v) is 20.8. The van der Waals surface area contributed by atoms with Gasteiger partial charge in [-0.2, -0.15) is 0 Å². The molecular formula is C23H26BrNO3S2. The number of anilines is 1. The molecular weight excluding hydrogens is 482 g/mol. The van der Waals surface area contributed by atoms with Crippen molar-refractivity contribution in [3.8, 4) is 5.75 Å². The van der Waals surface area contributed by atoms with Crippen LogP contribution in [0.15, 0.2) is 55.8 Å². The number of thioether (sulfide) groups is 1. The van der Waals surface area contributed by atoms with Crippen molar-refractivity contribution >= 4 is 61.6 Å². The van der Waals surface area contributed by atoms with E-state index in [2.05, 4.69) is 52.9 Å². The third-order valence-electron chi connectivity index (χ3n) is 4.84. The number of ether oxygens (including phenoxy) is 1. The molecule has 0 amide bonds. The highest BCUT2D eigenvalue weighted by molar-refractivity contribution is 9.10. The molecule has 1 heterocycles. The lowest BCUT2D eigenvalue weighted by molar-refractivity contribution is 0.305. The molecule has 2 aromatic carbocycles. The van der Waals surface area contributed by atoms with Crippen LogP contribution >= 0.6 is 27.7 Å². The summed E-state index contributed by atoms with van der Waals surface area (Å²) in [7, 11) is 0. The first-order valence-electron chi connectivity index (χ1n) is 9.73. The minimum atomic E-state index is -1.04. The summed E-state index contributed by atoms with van der Waals surface area (Å²) in [5.74, 6) is 0.778. The molecule has 0 aliphatic rings. The number of fused-ring (bicyclic) bond motifs is 1. The normalized spacial score (nSPS) is 12.9. The summed E-state index contributed by atoms with van der Waals surface area (Å²) in [5, 5.41) is 1.03. The second kappa shape index (κ2) is 10.7. The molecule has 0 fully saturated rings. The van der Waals surface area contributed by atoms with Crippen LogP contribution in [-0.4, -0.2) is 30.2 Å². The monoisotopic (exact) mass is 507 g/mol. The Morgan fingerprint density at radius 1 is 1.23 bits per heavy atom. The lowest BCUT2D eigenvalue weighted by Gasteiger charge is -2.22. The van der Waals surface area contributed by atoms with E-state index in [1.807, 2.05) is 30.5 Å². The molecule has 3 aromatic rings. The van der Waals surface area contributed by atoms with Crippen LogP contribution in [0.2, 0.25) is 0 Å². The van der Waals surface area contributed by atoms with E-state index in [1.54, 1.807) is 12.5 Å². The van der Waals surface area contributed by atoms with Crippen LogP contribution in [0.5, 0.6) is 5.75 Å². The van der Waals surface area contributed by atoms with Crippen LogP contribution in [0, 0.1) is 0 Å². The molecule has 1 atom stereocenters. The van der Waals surface area contributed by atoms with E-state index in [9.17, 15) is 4.55 Å². The number of rotatable bonds is 9. The Kier molecular flexibility index (Phi) is 8.22. The van der Waals surface area contributed by atoms with Gasteiger partial charge in [-0.15, -0.1) is 0 Å². The van der Waals surface area contributed by atoms with Crippen molar-refractivity contribution in [3.05, 3.63) is 62.5 Å². The molecule has 0 bridgehead atoms. The fourth-order valence-electron chi connectivity index (χ4n) is 3.28. The number of hydrogen-bond donors (Lipinski definition) is 0. The zero-order valence-electron chi connectivity index (χ0n) is 17.6. The van der Waals surface area contributed by atoms with Gasteiger partial charge in [0.15, 0.2) is 4.24 Å². The van der Waals surface area contributed by atoms with E-state index in [4.69, 9.17) is 9.15 Å². The van der Waals surface area contributed by atoms with E-state index in [-0.39, 0.29) is 0 Å². The van der Waals surface area contributed by atoms with Gasteiger partial charge in [0.1, 0.15) is 24.2 Å². The van der Waals surface area contributed by atoms with Crippen molar-refractivity contribution in [2.75, 3.05) is 30.5 Å². The van der Waals surface area contributed by atoms with Gasteiger partial charge in [0.25, 0.3) is 0 Å². The van der Waals surface area contributed by atoms with Gasteiger partial charge < -0.3 is 18.6 Å². The van der Waals surface area contributed by atoms with E-state index < -0.39 is 11.2 Å². The second-order valence-corrected chi connectivity index (χ2v) is 10.0. The summed E-state index contributed by atoms with van der Waals surface area (Å²) in [6.07, 6.45) is 7.28. The smallest absolute Gasteiger partial charge is 0.186 e. The van der Waals surface area contributed by atoms with Crippen molar-refractivity contribution in [2.24, 2.45) is 0 Å². The molecule has 0 aliphatic heterocycles. The summed E-state index contributed by atoms with van der Waals surface area (Å²) in [6, 6.07) is 12.2. The predicted molar refractivity (Wildman–Crippen MR) is 134 cm³/mol. The van der Waals surface area contributed by atoms with E-state index in [1.165, 1.54) is 11.8 Å². The zero-order chi connectivity index (χ0) is 21.7. The Morgan fingerprint density at radius 2 is 2.00 bits per heavy atom. The molecule has 160 valence electrons. The minimum absolute atomic E-state index is 0.423. The van der Waals surface area contributed by atoms with Crippen LogP contribution in [0.3, 0.4) is 0 Å². The highest BCUT2D eigenvalue weighted by Gasteiger charge is 2.13. The van der Waals surface area contributed by atoms with Gasteiger partial charge in [-0.3, -0.25) is 0 Å². The van der Waals surface area contributed by atoms with Gasteiger partial charge in [0.2, 0.25) is 0 Å². The molecule has 0 saturated heterocycles. The predicted octanol–water partition coefficient (Wildman–Crippen LogP) is 6.66. The van der Waals surface area contributed by atoms with E-state index >= 15 is 0 Å². The summed E-state index contributed by atoms with van der Waals surface area (Å²) in [4.78, 5) is 2.28. The maximum Gasteiger partial charge on any atom is 0.186 e. The van der Waals surface area contributed by atoms with Crippen molar-refractivity contribution in [1.82, 2.24) is 0 Å². The van der Waals surface area contributed by atoms with Crippen molar-refractivity contribution < 1.29 is 13.7 Å². The topological polar surface area (TPSA) is 48.7 Å². The van der Waals surface area contributed by atoms with Gasteiger partial charge in [-0.1, -0.05) is 11.8 Å². The fraction of sp³-hybridized carbons (Fsp3) is 0.304.